The SMILES string of the molecule is CCc1cc2c(C3CCC(NCCS(C)(=O)=O)CC3)[nH]nc2cc1-c1cc(C)c2ncnn2c1. The number of sulfone groups is 1. The zero-order valence-corrected chi connectivity index (χ0v) is 20.8. The van der Waals surface area contributed by atoms with Crippen LogP contribution in [0.15, 0.2) is 30.7 Å². The summed E-state index contributed by atoms with van der Waals surface area (Å²) >= 11 is 0. The molecule has 0 saturated heterocycles. The minimum Gasteiger partial charge on any atom is -0.313 e. The van der Waals surface area contributed by atoms with Gasteiger partial charge in [0.25, 0.3) is 0 Å². The van der Waals surface area contributed by atoms with E-state index in [1.54, 1.807) is 6.33 Å². The Kier molecular flexibility index (Phi) is 6.16. The zero-order chi connectivity index (χ0) is 23.9. The van der Waals surface area contributed by atoms with Crippen LogP contribution in [-0.4, -0.2) is 57.8 Å². The van der Waals surface area contributed by atoms with Gasteiger partial charge in [-0.25, -0.2) is 17.9 Å². The summed E-state index contributed by atoms with van der Waals surface area (Å²) in [6.45, 7) is 4.79. The fourth-order valence-electron chi connectivity index (χ4n) is 5.27. The van der Waals surface area contributed by atoms with Crippen molar-refractivity contribution in [2.24, 2.45) is 0 Å². The minimum absolute atomic E-state index is 0.198. The van der Waals surface area contributed by atoms with E-state index in [-0.39, 0.29) is 5.75 Å². The molecular formula is C25H32N6O2S. The monoisotopic (exact) mass is 480 g/mol. The van der Waals surface area contributed by atoms with Crippen LogP contribution in [0.1, 0.15) is 55.3 Å². The highest BCUT2D eigenvalue weighted by Gasteiger charge is 2.25. The molecule has 3 aromatic heterocycles. The van der Waals surface area contributed by atoms with Crippen LogP contribution in [-0.2, 0) is 16.3 Å². The van der Waals surface area contributed by atoms with Gasteiger partial charge in [-0.1, -0.05) is 6.92 Å². The van der Waals surface area contributed by atoms with Gasteiger partial charge >= 0.3 is 0 Å². The number of aromatic nitrogens is 5. The summed E-state index contributed by atoms with van der Waals surface area (Å²) in [5.74, 6) is 0.645. The molecule has 0 amide bonds. The third kappa shape index (κ3) is 4.59. The van der Waals surface area contributed by atoms with E-state index in [1.807, 2.05) is 10.7 Å². The number of hydrogen-bond acceptors (Lipinski definition) is 6. The van der Waals surface area contributed by atoms with E-state index >= 15 is 0 Å². The Labute approximate surface area is 200 Å². The second kappa shape index (κ2) is 9.11. The van der Waals surface area contributed by atoms with Crippen LogP contribution in [0.4, 0.5) is 0 Å². The van der Waals surface area contributed by atoms with E-state index < -0.39 is 9.84 Å². The molecule has 180 valence electrons. The molecule has 5 rings (SSSR count). The number of aryl methyl sites for hydroxylation is 2. The Bertz CT molecular complexity index is 1430. The Balaban J connectivity index is 1.37. The van der Waals surface area contributed by atoms with Crippen molar-refractivity contribution in [3.05, 3.63) is 47.5 Å². The minimum atomic E-state index is -2.92. The molecule has 1 aliphatic rings. The number of benzene rings is 1. The lowest BCUT2D eigenvalue weighted by Gasteiger charge is -2.28. The van der Waals surface area contributed by atoms with Crippen LogP contribution >= 0.6 is 0 Å². The normalized spacial score (nSPS) is 19.3. The van der Waals surface area contributed by atoms with Crippen molar-refractivity contribution in [2.45, 2.75) is 57.9 Å². The van der Waals surface area contributed by atoms with E-state index in [4.69, 9.17) is 0 Å². The molecule has 1 fully saturated rings. The maximum absolute atomic E-state index is 11.4. The molecule has 1 aromatic carbocycles. The third-order valence-electron chi connectivity index (χ3n) is 7.10. The molecule has 0 bridgehead atoms. The molecule has 0 radical (unpaired) electrons. The van der Waals surface area contributed by atoms with Gasteiger partial charge < -0.3 is 5.32 Å². The first kappa shape index (κ1) is 23.0. The highest BCUT2D eigenvalue weighted by molar-refractivity contribution is 7.90. The summed E-state index contributed by atoms with van der Waals surface area (Å²) < 4.78 is 24.6. The molecule has 9 heteroatoms. The van der Waals surface area contributed by atoms with Crippen molar-refractivity contribution >= 4 is 26.4 Å². The molecule has 2 N–H and O–H groups in total. The van der Waals surface area contributed by atoms with Crippen molar-refractivity contribution in [3.63, 3.8) is 0 Å². The molecular weight excluding hydrogens is 448 g/mol. The van der Waals surface area contributed by atoms with Crippen LogP contribution < -0.4 is 5.32 Å². The van der Waals surface area contributed by atoms with Crippen molar-refractivity contribution in [3.8, 4) is 11.1 Å². The second-order valence-corrected chi connectivity index (χ2v) is 11.8. The van der Waals surface area contributed by atoms with Gasteiger partial charge in [0.15, 0.2) is 5.65 Å². The standard InChI is InChI=1S/C25H32N6O2S/c1-4-17-12-22-23(13-21(17)19-11-16(2)25-27-15-28-31(25)14-19)29-30-24(22)18-5-7-20(8-6-18)26-9-10-34(3,32)33/h11-15,18,20,26H,4-10H2,1-3H3,(H,29,30). The quantitative estimate of drug-likeness (QED) is 0.417. The molecule has 0 unspecified atom stereocenters. The van der Waals surface area contributed by atoms with Crippen LogP contribution in [0.3, 0.4) is 0 Å². The average molecular weight is 481 g/mol. The largest absolute Gasteiger partial charge is 0.313 e. The van der Waals surface area contributed by atoms with E-state index in [9.17, 15) is 8.42 Å². The molecule has 4 aromatic rings. The topological polar surface area (TPSA) is 105 Å². The number of pyridine rings is 1. The summed E-state index contributed by atoms with van der Waals surface area (Å²) in [6, 6.07) is 7.07. The van der Waals surface area contributed by atoms with Gasteiger partial charge in [-0.3, -0.25) is 5.10 Å². The molecule has 34 heavy (non-hydrogen) atoms. The first-order valence-electron chi connectivity index (χ1n) is 12.0. The Morgan fingerprint density at radius 3 is 2.71 bits per heavy atom. The number of fused-ring (bicyclic) bond motifs is 2. The smallest absolute Gasteiger partial charge is 0.158 e. The highest BCUT2D eigenvalue weighted by Crippen LogP contribution is 2.38. The van der Waals surface area contributed by atoms with Gasteiger partial charge in [0.2, 0.25) is 0 Å². The number of rotatable bonds is 7. The lowest BCUT2D eigenvalue weighted by atomic mass is 9.82. The summed E-state index contributed by atoms with van der Waals surface area (Å²) in [7, 11) is -2.92. The van der Waals surface area contributed by atoms with Gasteiger partial charge in [0.05, 0.1) is 11.3 Å². The first-order valence-corrected chi connectivity index (χ1v) is 14.1. The van der Waals surface area contributed by atoms with E-state index in [0.717, 1.165) is 54.4 Å². The molecule has 0 spiro atoms. The van der Waals surface area contributed by atoms with Crippen LogP contribution in [0.2, 0.25) is 0 Å². The maximum Gasteiger partial charge on any atom is 0.158 e. The molecule has 0 aliphatic heterocycles. The van der Waals surface area contributed by atoms with Crippen molar-refractivity contribution in [2.75, 3.05) is 18.6 Å². The fourth-order valence-corrected chi connectivity index (χ4v) is 5.76. The molecule has 1 aliphatic carbocycles. The zero-order valence-electron chi connectivity index (χ0n) is 20.0. The molecule has 3 heterocycles. The number of nitrogens with one attached hydrogen (secondary N) is 2. The molecule has 1 saturated carbocycles. The average Bonchev–Trinajstić information content (AvgIpc) is 3.45. The van der Waals surface area contributed by atoms with Gasteiger partial charge in [0.1, 0.15) is 16.2 Å². The lowest BCUT2D eigenvalue weighted by molar-refractivity contribution is 0.345. The van der Waals surface area contributed by atoms with Crippen LogP contribution in [0.25, 0.3) is 27.7 Å². The molecule has 8 nitrogen and oxygen atoms in total. The number of nitrogens with zero attached hydrogens (tertiary/aromatic N) is 4. The van der Waals surface area contributed by atoms with Crippen molar-refractivity contribution < 1.29 is 8.42 Å². The van der Waals surface area contributed by atoms with Crippen molar-refractivity contribution in [1.82, 2.24) is 30.1 Å². The number of aromatic amines is 1. The van der Waals surface area contributed by atoms with Crippen molar-refractivity contribution in [1.29, 1.82) is 0 Å². The van der Waals surface area contributed by atoms with Gasteiger partial charge in [-0.05, 0) is 73.9 Å². The first-order chi connectivity index (χ1) is 16.3. The Morgan fingerprint density at radius 2 is 1.97 bits per heavy atom. The van der Waals surface area contributed by atoms with Crippen LogP contribution in [0.5, 0.6) is 0 Å². The summed E-state index contributed by atoms with van der Waals surface area (Å²) in [5, 5.41) is 17.0. The van der Waals surface area contributed by atoms with Gasteiger partial charge in [-0.15, -0.1) is 0 Å². The van der Waals surface area contributed by atoms with Gasteiger partial charge in [-0.2, -0.15) is 10.2 Å². The number of hydrogen-bond donors (Lipinski definition) is 2. The third-order valence-corrected chi connectivity index (χ3v) is 8.05. The Morgan fingerprint density at radius 1 is 1.18 bits per heavy atom. The summed E-state index contributed by atoms with van der Waals surface area (Å²) in [5.41, 5.74) is 7.81. The number of H-pyrrole nitrogens is 1. The fraction of sp³-hybridized carbons (Fsp3) is 0.480. The Hall–Kier alpha value is -2.78. The molecule has 0 atom stereocenters. The maximum atomic E-state index is 11.4. The van der Waals surface area contributed by atoms with E-state index in [2.05, 4.69) is 57.6 Å². The second-order valence-electron chi connectivity index (χ2n) is 9.59. The summed E-state index contributed by atoms with van der Waals surface area (Å²) in [6.07, 6.45) is 10.1. The van der Waals surface area contributed by atoms with Crippen LogP contribution in [0, 0.1) is 6.92 Å². The predicted octanol–water partition coefficient (Wildman–Crippen LogP) is 3.80. The lowest BCUT2D eigenvalue weighted by Crippen LogP contribution is -2.35. The summed E-state index contributed by atoms with van der Waals surface area (Å²) in [4.78, 5) is 4.34. The highest BCUT2D eigenvalue weighted by atomic mass is 32.2. The van der Waals surface area contributed by atoms with Gasteiger partial charge in [0, 0.05) is 47.6 Å². The predicted molar refractivity (Wildman–Crippen MR) is 135 cm³/mol. The van der Waals surface area contributed by atoms with E-state index in [1.165, 1.54) is 28.5 Å². The van der Waals surface area contributed by atoms with E-state index in [0.29, 0.717) is 18.5 Å².